The smallest absolute Gasteiger partial charge is 0.224 e. The molecule has 25 heavy (non-hydrogen) atoms. The van der Waals surface area contributed by atoms with Crippen LogP contribution in [0.4, 0.5) is 14.5 Å². The van der Waals surface area contributed by atoms with Crippen LogP contribution in [-0.4, -0.2) is 11.8 Å². The van der Waals surface area contributed by atoms with E-state index in [4.69, 9.17) is 0 Å². The van der Waals surface area contributed by atoms with Gasteiger partial charge in [-0.3, -0.25) is 9.59 Å². The molecule has 0 aliphatic heterocycles. The summed E-state index contributed by atoms with van der Waals surface area (Å²) < 4.78 is 27.5. The molecule has 1 aliphatic rings. The minimum Gasteiger partial charge on any atom is -0.352 e. The Balaban J connectivity index is 1.59. The van der Waals surface area contributed by atoms with E-state index in [-0.39, 0.29) is 23.9 Å². The predicted octanol–water partition coefficient (Wildman–Crippen LogP) is 3.34. The average molecular weight is 344 g/mol. The first-order valence-corrected chi connectivity index (χ1v) is 8.04. The fourth-order valence-corrected chi connectivity index (χ4v) is 2.95. The van der Waals surface area contributed by atoms with Gasteiger partial charge < -0.3 is 10.6 Å². The fraction of sp³-hybridized carbons (Fsp3) is 0.263. The Morgan fingerprint density at radius 2 is 1.80 bits per heavy atom. The largest absolute Gasteiger partial charge is 0.352 e. The van der Waals surface area contributed by atoms with E-state index in [1.807, 2.05) is 6.07 Å². The Kier molecular flexibility index (Phi) is 4.79. The molecule has 0 spiro atoms. The van der Waals surface area contributed by atoms with Crippen LogP contribution in [0.25, 0.3) is 0 Å². The maximum atomic E-state index is 13.8. The van der Waals surface area contributed by atoms with Gasteiger partial charge >= 0.3 is 0 Å². The van der Waals surface area contributed by atoms with Gasteiger partial charge in [-0.2, -0.15) is 0 Å². The summed E-state index contributed by atoms with van der Waals surface area (Å²) in [6.45, 7) is 1.71. The maximum absolute atomic E-state index is 13.8. The number of rotatable bonds is 5. The van der Waals surface area contributed by atoms with E-state index in [2.05, 4.69) is 10.6 Å². The number of hydrogen-bond acceptors (Lipinski definition) is 2. The number of amides is 2. The van der Waals surface area contributed by atoms with E-state index in [1.165, 1.54) is 25.1 Å². The molecular weight excluding hydrogens is 326 g/mol. The van der Waals surface area contributed by atoms with E-state index in [0.29, 0.717) is 12.1 Å². The van der Waals surface area contributed by atoms with Gasteiger partial charge in [-0.1, -0.05) is 18.2 Å². The van der Waals surface area contributed by atoms with Gasteiger partial charge in [-0.25, -0.2) is 8.78 Å². The molecule has 6 heteroatoms. The second kappa shape index (κ2) is 7.01. The highest BCUT2D eigenvalue weighted by molar-refractivity contribution is 5.88. The van der Waals surface area contributed by atoms with Crippen molar-refractivity contribution < 1.29 is 18.4 Å². The summed E-state index contributed by atoms with van der Waals surface area (Å²) >= 11 is 0. The summed E-state index contributed by atoms with van der Waals surface area (Å²) in [5, 5.41) is 5.46. The standard InChI is InChI=1S/C19H18F2N2O2/c1-11(24)23-13-5-2-4-12(8-13)10-22-19(25)15-9-14(15)18-16(20)6-3-7-17(18)21/h2-8,14-15H,9-10H2,1H3,(H,22,25)(H,23,24). The van der Waals surface area contributed by atoms with E-state index in [0.717, 1.165) is 5.56 Å². The normalized spacial score (nSPS) is 18.5. The van der Waals surface area contributed by atoms with Crippen LogP contribution in [-0.2, 0) is 16.1 Å². The Morgan fingerprint density at radius 1 is 1.12 bits per heavy atom. The first kappa shape index (κ1) is 17.1. The van der Waals surface area contributed by atoms with Crippen molar-refractivity contribution in [1.82, 2.24) is 5.32 Å². The summed E-state index contributed by atoms with van der Waals surface area (Å²) in [5.41, 5.74) is 1.47. The van der Waals surface area contributed by atoms with Gasteiger partial charge in [-0.15, -0.1) is 0 Å². The van der Waals surface area contributed by atoms with Crippen molar-refractivity contribution in [3.05, 3.63) is 65.2 Å². The molecule has 2 aromatic rings. The van der Waals surface area contributed by atoms with Crippen LogP contribution in [0.15, 0.2) is 42.5 Å². The molecule has 1 saturated carbocycles. The number of nitrogens with one attached hydrogen (secondary N) is 2. The number of carbonyl (C=O) groups excluding carboxylic acids is 2. The van der Waals surface area contributed by atoms with Crippen molar-refractivity contribution in [2.24, 2.45) is 5.92 Å². The highest BCUT2D eigenvalue weighted by Gasteiger charge is 2.46. The number of halogens is 2. The number of hydrogen-bond donors (Lipinski definition) is 2. The molecule has 1 fully saturated rings. The summed E-state index contributed by atoms with van der Waals surface area (Å²) in [6.07, 6.45) is 0.440. The summed E-state index contributed by atoms with van der Waals surface area (Å²) in [6, 6.07) is 10.9. The van der Waals surface area contributed by atoms with Crippen LogP contribution in [0.3, 0.4) is 0 Å². The van der Waals surface area contributed by atoms with E-state index in [1.54, 1.807) is 18.2 Å². The summed E-state index contributed by atoms with van der Waals surface area (Å²) in [4.78, 5) is 23.3. The molecule has 0 aromatic heterocycles. The summed E-state index contributed by atoms with van der Waals surface area (Å²) in [5.74, 6) is -2.44. The van der Waals surface area contributed by atoms with Crippen LogP contribution in [0.2, 0.25) is 0 Å². The SMILES string of the molecule is CC(=O)Nc1cccc(CNC(=O)C2CC2c2c(F)cccc2F)c1. The van der Waals surface area contributed by atoms with Crippen molar-refractivity contribution in [3.8, 4) is 0 Å². The van der Waals surface area contributed by atoms with Gasteiger partial charge in [0.25, 0.3) is 0 Å². The average Bonchev–Trinajstić information content (AvgIpc) is 3.32. The third kappa shape index (κ3) is 4.02. The second-order valence-electron chi connectivity index (χ2n) is 6.18. The number of anilines is 1. The minimum atomic E-state index is -0.608. The molecule has 4 nitrogen and oxygen atoms in total. The lowest BCUT2D eigenvalue weighted by Gasteiger charge is -2.08. The summed E-state index contributed by atoms with van der Waals surface area (Å²) in [7, 11) is 0. The molecule has 3 rings (SSSR count). The molecule has 2 amide bonds. The molecule has 0 radical (unpaired) electrons. The second-order valence-corrected chi connectivity index (χ2v) is 6.18. The van der Waals surface area contributed by atoms with Gasteiger partial charge in [-0.05, 0) is 36.2 Å². The molecule has 2 N–H and O–H groups in total. The van der Waals surface area contributed by atoms with Crippen molar-refractivity contribution in [2.75, 3.05) is 5.32 Å². The Labute approximate surface area is 144 Å². The Hall–Kier alpha value is -2.76. The lowest BCUT2D eigenvalue weighted by molar-refractivity contribution is -0.122. The van der Waals surface area contributed by atoms with Crippen molar-refractivity contribution in [1.29, 1.82) is 0 Å². The van der Waals surface area contributed by atoms with E-state index >= 15 is 0 Å². The van der Waals surface area contributed by atoms with E-state index in [9.17, 15) is 18.4 Å². The molecule has 2 aromatic carbocycles. The van der Waals surface area contributed by atoms with Crippen LogP contribution in [0.1, 0.15) is 30.4 Å². The topological polar surface area (TPSA) is 58.2 Å². The van der Waals surface area contributed by atoms with Crippen LogP contribution in [0, 0.1) is 17.6 Å². The fourth-order valence-electron chi connectivity index (χ4n) is 2.95. The highest BCUT2D eigenvalue weighted by atomic mass is 19.1. The predicted molar refractivity (Wildman–Crippen MR) is 89.8 cm³/mol. The Morgan fingerprint density at radius 3 is 2.48 bits per heavy atom. The third-order valence-corrected chi connectivity index (χ3v) is 4.21. The Bertz CT molecular complexity index is 803. The molecule has 0 heterocycles. The lowest BCUT2D eigenvalue weighted by atomic mass is 10.1. The molecular formula is C19H18F2N2O2. The molecule has 130 valence electrons. The van der Waals surface area contributed by atoms with Crippen LogP contribution >= 0.6 is 0 Å². The molecule has 1 aliphatic carbocycles. The maximum Gasteiger partial charge on any atom is 0.224 e. The molecule has 2 unspecified atom stereocenters. The zero-order valence-corrected chi connectivity index (χ0v) is 13.7. The quantitative estimate of drug-likeness (QED) is 0.874. The number of benzene rings is 2. The van der Waals surface area contributed by atoms with Gasteiger partial charge in [0.1, 0.15) is 11.6 Å². The highest BCUT2D eigenvalue weighted by Crippen LogP contribution is 2.49. The monoisotopic (exact) mass is 344 g/mol. The molecule has 2 atom stereocenters. The molecule has 0 saturated heterocycles. The van der Waals surface area contributed by atoms with Crippen molar-refractivity contribution in [2.45, 2.75) is 25.8 Å². The zero-order valence-electron chi connectivity index (χ0n) is 13.7. The third-order valence-electron chi connectivity index (χ3n) is 4.21. The van der Waals surface area contributed by atoms with E-state index < -0.39 is 23.5 Å². The molecule has 0 bridgehead atoms. The van der Waals surface area contributed by atoms with Crippen LogP contribution in [0.5, 0.6) is 0 Å². The van der Waals surface area contributed by atoms with Gasteiger partial charge in [0.15, 0.2) is 0 Å². The zero-order chi connectivity index (χ0) is 18.0. The first-order valence-electron chi connectivity index (χ1n) is 8.04. The number of carbonyl (C=O) groups is 2. The van der Waals surface area contributed by atoms with Crippen molar-refractivity contribution in [3.63, 3.8) is 0 Å². The lowest BCUT2D eigenvalue weighted by Crippen LogP contribution is -2.25. The first-order chi connectivity index (χ1) is 12.0. The van der Waals surface area contributed by atoms with Crippen LogP contribution < -0.4 is 10.6 Å². The van der Waals surface area contributed by atoms with Gasteiger partial charge in [0, 0.05) is 36.6 Å². The van der Waals surface area contributed by atoms with Crippen molar-refractivity contribution >= 4 is 17.5 Å². The minimum absolute atomic E-state index is 0.00435. The van der Waals surface area contributed by atoms with Gasteiger partial charge in [0.05, 0.1) is 0 Å². The van der Waals surface area contributed by atoms with Gasteiger partial charge in [0.2, 0.25) is 11.8 Å².